The van der Waals surface area contributed by atoms with Crippen LogP contribution in [0.25, 0.3) is 0 Å². The quantitative estimate of drug-likeness (QED) is 0.699. The lowest BCUT2D eigenvalue weighted by molar-refractivity contribution is -0.128. The maximum atomic E-state index is 13.1. The number of sulfonamides is 1. The summed E-state index contributed by atoms with van der Waals surface area (Å²) in [5, 5.41) is 2.56. The molecule has 1 aliphatic rings. The van der Waals surface area contributed by atoms with Crippen molar-refractivity contribution in [2.24, 2.45) is 0 Å². The van der Waals surface area contributed by atoms with Crippen molar-refractivity contribution in [1.82, 2.24) is 4.31 Å². The van der Waals surface area contributed by atoms with Crippen LogP contribution in [0.4, 0.5) is 10.1 Å². The van der Waals surface area contributed by atoms with Crippen LogP contribution in [0.2, 0.25) is 0 Å². The third kappa shape index (κ3) is 4.33. The molecular weight excluding hydrogens is 415 g/mol. The monoisotopic (exact) mass is 434 g/mol. The van der Waals surface area contributed by atoms with Crippen molar-refractivity contribution in [2.75, 3.05) is 11.9 Å². The summed E-state index contributed by atoms with van der Waals surface area (Å²) in [6.45, 7) is 1.91. The molecule has 1 atom stereocenters. The Kier molecular flexibility index (Phi) is 6.16. The summed E-state index contributed by atoms with van der Waals surface area (Å²) in [6.07, 6.45) is -0.0910. The Bertz CT molecular complexity index is 1070. The molecule has 2 amide bonds. The molecule has 0 saturated carbocycles. The van der Waals surface area contributed by atoms with Gasteiger partial charge in [-0.05, 0) is 61.9 Å². The summed E-state index contributed by atoms with van der Waals surface area (Å²) >= 11 is 0. The number of hydrogen-bond donors (Lipinski definition) is 1. The smallest absolute Gasteiger partial charge is 0.338 e. The van der Waals surface area contributed by atoms with Gasteiger partial charge in [0.15, 0.2) is 0 Å². The lowest BCUT2D eigenvalue weighted by Gasteiger charge is -2.23. The maximum absolute atomic E-state index is 13.1. The number of hydrogen-bond acceptors (Lipinski definition) is 6. The van der Waals surface area contributed by atoms with Crippen molar-refractivity contribution in [3.05, 3.63) is 59.9 Å². The highest BCUT2D eigenvalue weighted by molar-refractivity contribution is 7.89. The van der Waals surface area contributed by atoms with Gasteiger partial charge in [0.1, 0.15) is 11.9 Å². The number of carbonyl (C=O) groups is 3. The van der Waals surface area contributed by atoms with E-state index in [2.05, 4.69) is 5.32 Å². The first kappa shape index (κ1) is 21.4. The fourth-order valence-electron chi connectivity index (χ4n) is 3.05. The van der Waals surface area contributed by atoms with Gasteiger partial charge < -0.3 is 10.1 Å². The molecule has 0 unspecified atom stereocenters. The molecule has 0 radical (unpaired) electrons. The van der Waals surface area contributed by atoms with E-state index in [0.717, 1.165) is 24.3 Å². The van der Waals surface area contributed by atoms with Gasteiger partial charge in [0.25, 0.3) is 10.0 Å². The molecule has 0 aromatic heterocycles. The molecule has 0 aliphatic carbocycles. The molecule has 2 aromatic carbocycles. The molecule has 2 aromatic rings. The fraction of sp³-hybridized carbons (Fsp3) is 0.250. The molecule has 30 heavy (non-hydrogen) atoms. The summed E-state index contributed by atoms with van der Waals surface area (Å²) in [6, 6.07) is 8.64. The summed E-state index contributed by atoms with van der Waals surface area (Å²) in [7, 11) is -4.32. The standard InChI is InChI=1S/C20H19FN2O6S/c1-2-29-20(26)13-3-7-15(8-4-13)22-19(25)17-11-12-18(24)23(17)30(27,28)16-9-5-14(21)6-10-16/h3-10,17H,2,11-12H2,1H3,(H,22,25)/t17-/m1/s1. The Labute approximate surface area is 172 Å². The average molecular weight is 434 g/mol. The highest BCUT2D eigenvalue weighted by Crippen LogP contribution is 2.28. The van der Waals surface area contributed by atoms with Gasteiger partial charge in [-0.15, -0.1) is 0 Å². The number of benzene rings is 2. The van der Waals surface area contributed by atoms with Crippen molar-refractivity contribution in [3.63, 3.8) is 0 Å². The number of ether oxygens (including phenoxy) is 1. The van der Waals surface area contributed by atoms with Crippen LogP contribution < -0.4 is 5.32 Å². The minimum atomic E-state index is -4.32. The SMILES string of the molecule is CCOC(=O)c1ccc(NC(=O)[C@H]2CCC(=O)N2S(=O)(=O)c2ccc(F)cc2)cc1. The highest BCUT2D eigenvalue weighted by Gasteiger charge is 2.44. The highest BCUT2D eigenvalue weighted by atomic mass is 32.2. The summed E-state index contributed by atoms with van der Waals surface area (Å²) in [5.41, 5.74) is 0.623. The van der Waals surface area contributed by atoms with E-state index in [4.69, 9.17) is 4.74 Å². The van der Waals surface area contributed by atoms with Crippen LogP contribution in [0.15, 0.2) is 53.4 Å². The number of amides is 2. The molecule has 3 rings (SSSR count). The van der Waals surface area contributed by atoms with E-state index in [0.29, 0.717) is 15.6 Å². The predicted octanol–water partition coefficient (Wildman–Crippen LogP) is 2.32. The second-order valence-electron chi connectivity index (χ2n) is 6.49. The van der Waals surface area contributed by atoms with E-state index in [1.807, 2.05) is 0 Å². The molecule has 0 bridgehead atoms. The first-order valence-corrected chi connectivity index (χ1v) is 10.6. The van der Waals surface area contributed by atoms with E-state index in [1.165, 1.54) is 24.3 Å². The zero-order valence-electron chi connectivity index (χ0n) is 16.0. The van der Waals surface area contributed by atoms with Crippen LogP contribution in [0.1, 0.15) is 30.1 Å². The topological polar surface area (TPSA) is 110 Å². The number of rotatable bonds is 6. The molecule has 1 aliphatic heterocycles. The predicted molar refractivity (Wildman–Crippen MR) is 104 cm³/mol. The van der Waals surface area contributed by atoms with E-state index < -0.39 is 39.7 Å². The van der Waals surface area contributed by atoms with Crippen molar-refractivity contribution in [2.45, 2.75) is 30.7 Å². The molecule has 1 saturated heterocycles. The lowest BCUT2D eigenvalue weighted by Crippen LogP contribution is -2.45. The fourth-order valence-corrected chi connectivity index (χ4v) is 4.65. The Morgan fingerprint density at radius 2 is 1.77 bits per heavy atom. The third-order valence-corrected chi connectivity index (χ3v) is 6.34. The van der Waals surface area contributed by atoms with Gasteiger partial charge in [-0.25, -0.2) is 21.9 Å². The Hall–Kier alpha value is -3.27. The molecule has 8 nitrogen and oxygen atoms in total. The minimum Gasteiger partial charge on any atom is -0.462 e. The molecular formula is C20H19FN2O6S. The molecule has 10 heteroatoms. The van der Waals surface area contributed by atoms with Crippen LogP contribution in [0.3, 0.4) is 0 Å². The number of carbonyl (C=O) groups excluding carboxylic acids is 3. The second-order valence-corrected chi connectivity index (χ2v) is 8.30. The molecule has 1 fully saturated rings. The number of nitrogens with one attached hydrogen (secondary N) is 1. The number of nitrogens with zero attached hydrogens (tertiary/aromatic N) is 1. The first-order chi connectivity index (χ1) is 14.2. The van der Waals surface area contributed by atoms with E-state index in [-0.39, 0.29) is 24.3 Å². The van der Waals surface area contributed by atoms with E-state index in [1.54, 1.807) is 6.92 Å². The van der Waals surface area contributed by atoms with Gasteiger partial charge in [0.2, 0.25) is 11.8 Å². The number of halogens is 1. The number of esters is 1. The van der Waals surface area contributed by atoms with Crippen LogP contribution in [0.5, 0.6) is 0 Å². The summed E-state index contributed by atoms with van der Waals surface area (Å²) in [4.78, 5) is 36.4. The average Bonchev–Trinajstić information content (AvgIpc) is 3.11. The van der Waals surface area contributed by atoms with Crippen LogP contribution >= 0.6 is 0 Å². The van der Waals surface area contributed by atoms with Crippen molar-refractivity contribution in [1.29, 1.82) is 0 Å². The summed E-state index contributed by atoms with van der Waals surface area (Å²) < 4.78 is 44.3. The first-order valence-electron chi connectivity index (χ1n) is 9.15. The van der Waals surface area contributed by atoms with Crippen LogP contribution in [-0.4, -0.2) is 43.2 Å². The van der Waals surface area contributed by atoms with Crippen molar-refractivity contribution < 1.29 is 31.9 Å². The Morgan fingerprint density at radius 1 is 1.13 bits per heavy atom. The zero-order valence-corrected chi connectivity index (χ0v) is 16.8. The zero-order chi connectivity index (χ0) is 21.9. The van der Waals surface area contributed by atoms with Crippen LogP contribution in [-0.2, 0) is 24.3 Å². The molecule has 158 valence electrons. The molecule has 1 N–H and O–H groups in total. The normalized spacial score (nSPS) is 16.4. The third-order valence-electron chi connectivity index (χ3n) is 4.50. The van der Waals surface area contributed by atoms with Gasteiger partial charge >= 0.3 is 5.97 Å². The summed E-state index contributed by atoms with van der Waals surface area (Å²) in [5.74, 6) is -2.52. The van der Waals surface area contributed by atoms with Gasteiger partial charge in [-0.2, -0.15) is 0 Å². The van der Waals surface area contributed by atoms with E-state index >= 15 is 0 Å². The van der Waals surface area contributed by atoms with Gasteiger partial charge in [0, 0.05) is 12.1 Å². The lowest BCUT2D eigenvalue weighted by atomic mass is 10.2. The van der Waals surface area contributed by atoms with Crippen molar-refractivity contribution >= 4 is 33.5 Å². The second kappa shape index (κ2) is 8.62. The largest absolute Gasteiger partial charge is 0.462 e. The van der Waals surface area contributed by atoms with Crippen molar-refractivity contribution in [3.8, 4) is 0 Å². The van der Waals surface area contributed by atoms with Gasteiger partial charge in [0.05, 0.1) is 17.1 Å². The van der Waals surface area contributed by atoms with Gasteiger partial charge in [-0.3, -0.25) is 9.59 Å². The molecule has 0 spiro atoms. The Morgan fingerprint density at radius 3 is 2.37 bits per heavy atom. The maximum Gasteiger partial charge on any atom is 0.338 e. The van der Waals surface area contributed by atoms with Crippen LogP contribution in [0, 0.1) is 5.82 Å². The molecule has 1 heterocycles. The Balaban J connectivity index is 1.79. The minimum absolute atomic E-state index is 0.0198. The van der Waals surface area contributed by atoms with Gasteiger partial charge in [-0.1, -0.05) is 0 Å². The number of anilines is 1. The van der Waals surface area contributed by atoms with E-state index in [9.17, 15) is 27.2 Å².